The van der Waals surface area contributed by atoms with Crippen LogP contribution in [0.2, 0.25) is 0 Å². The third kappa shape index (κ3) is 2.82. The molecule has 5 heteroatoms. The van der Waals surface area contributed by atoms with Crippen molar-refractivity contribution in [3.8, 4) is 0 Å². The minimum Gasteiger partial charge on any atom is -0.395 e. The highest BCUT2D eigenvalue weighted by molar-refractivity contribution is 5.49. The number of nitrogens with zero attached hydrogens (tertiary/aromatic N) is 3. The molecule has 1 fully saturated rings. The summed E-state index contributed by atoms with van der Waals surface area (Å²) in [7, 11) is 1.92. The van der Waals surface area contributed by atoms with Crippen molar-refractivity contribution in [3.63, 3.8) is 0 Å². The van der Waals surface area contributed by atoms with E-state index in [0.717, 1.165) is 17.5 Å². The van der Waals surface area contributed by atoms with E-state index in [1.54, 1.807) is 0 Å². The van der Waals surface area contributed by atoms with E-state index in [4.69, 9.17) is 5.11 Å². The van der Waals surface area contributed by atoms with Gasteiger partial charge < -0.3 is 15.3 Å². The van der Waals surface area contributed by atoms with Crippen molar-refractivity contribution in [2.24, 2.45) is 0 Å². The lowest BCUT2D eigenvalue weighted by Gasteiger charge is -2.18. The van der Waals surface area contributed by atoms with Gasteiger partial charge in [-0.25, -0.2) is 9.97 Å². The van der Waals surface area contributed by atoms with Crippen molar-refractivity contribution in [1.29, 1.82) is 0 Å². The molecule has 1 saturated carbocycles. The molecule has 0 amide bonds. The first-order valence-corrected chi connectivity index (χ1v) is 5.63. The molecular formula is C11H18N4O. The Labute approximate surface area is 95.5 Å². The minimum atomic E-state index is 0.130. The van der Waals surface area contributed by atoms with Crippen molar-refractivity contribution in [3.05, 3.63) is 11.9 Å². The Hall–Kier alpha value is -1.36. The summed E-state index contributed by atoms with van der Waals surface area (Å²) in [6.45, 7) is 2.60. The number of rotatable bonds is 5. The molecule has 0 bridgehead atoms. The zero-order valence-corrected chi connectivity index (χ0v) is 9.77. The first-order chi connectivity index (χ1) is 7.69. The molecule has 0 saturated heterocycles. The molecule has 0 unspecified atom stereocenters. The normalized spacial score (nSPS) is 14.9. The summed E-state index contributed by atoms with van der Waals surface area (Å²) in [5, 5.41) is 12.2. The molecule has 0 radical (unpaired) electrons. The number of aryl methyl sites for hydroxylation is 1. The summed E-state index contributed by atoms with van der Waals surface area (Å²) in [6.07, 6.45) is 2.45. The van der Waals surface area contributed by atoms with Gasteiger partial charge in [-0.2, -0.15) is 0 Å². The van der Waals surface area contributed by atoms with Gasteiger partial charge in [-0.05, 0) is 19.8 Å². The lowest BCUT2D eigenvalue weighted by Crippen LogP contribution is -2.23. The summed E-state index contributed by atoms with van der Waals surface area (Å²) >= 11 is 0. The van der Waals surface area contributed by atoms with Gasteiger partial charge >= 0.3 is 0 Å². The molecule has 1 aromatic rings. The van der Waals surface area contributed by atoms with E-state index in [-0.39, 0.29) is 6.61 Å². The maximum atomic E-state index is 8.89. The standard InChI is InChI=1S/C11H18N4O/c1-8-12-10(14-9-3-4-9)7-11(13-8)15(2)5-6-16/h7,9,16H,3-6H2,1-2H3,(H,12,13,14). The van der Waals surface area contributed by atoms with Crippen LogP contribution in [0.4, 0.5) is 11.6 Å². The van der Waals surface area contributed by atoms with Crippen LogP contribution in [0.15, 0.2) is 6.07 Å². The Balaban J connectivity index is 2.13. The van der Waals surface area contributed by atoms with Crippen LogP contribution in [-0.4, -0.2) is 41.3 Å². The lowest BCUT2D eigenvalue weighted by molar-refractivity contribution is 0.304. The van der Waals surface area contributed by atoms with Gasteiger partial charge in [0.2, 0.25) is 0 Å². The van der Waals surface area contributed by atoms with E-state index in [9.17, 15) is 0 Å². The van der Waals surface area contributed by atoms with Crippen LogP contribution < -0.4 is 10.2 Å². The highest BCUT2D eigenvalue weighted by atomic mass is 16.3. The van der Waals surface area contributed by atoms with Gasteiger partial charge in [-0.3, -0.25) is 0 Å². The van der Waals surface area contributed by atoms with E-state index < -0.39 is 0 Å². The molecule has 0 aliphatic heterocycles. The molecule has 88 valence electrons. The van der Waals surface area contributed by atoms with E-state index >= 15 is 0 Å². The summed E-state index contributed by atoms with van der Waals surface area (Å²) < 4.78 is 0. The minimum absolute atomic E-state index is 0.130. The summed E-state index contributed by atoms with van der Waals surface area (Å²) in [4.78, 5) is 10.6. The van der Waals surface area contributed by atoms with Gasteiger partial charge in [0.1, 0.15) is 17.5 Å². The summed E-state index contributed by atoms with van der Waals surface area (Å²) in [6, 6.07) is 2.52. The average molecular weight is 222 g/mol. The van der Waals surface area contributed by atoms with Gasteiger partial charge in [-0.1, -0.05) is 0 Å². The summed E-state index contributed by atoms with van der Waals surface area (Å²) in [5.41, 5.74) is 0. The SMILES string of the molecule is Cc1nc(NC2CC2)cc(N(C)CCO)n1. The second kappa shape index (κ2) is 4.65. The number of anilines is 2. The topological polar surface area (TPSA) is 61.3 Å². The van der Waals surface area contributed by atoms with Crippen molar-refractivity contribution >= 4 is 11.6 Å². The Bertz CT molecular complexity index is 365. The highest BCUT2D eigenvalue weighted by Gasteiger charge is 2.21. The number of aliphatic hydroxyl groups excluding tert-OH is 1. The van der Waals surface area contributed by atoms with Crippen LogP contribution in [0.25, 0.3) is 0 Å². The first kappa shape index (κ1) is 11.1. The van der Waals surface area contributed by atoms with Gasteiger partial charge in [0.15, 0.2) is 0 Å². The molecule has 1 aromatic heterocycles. The quantitative estimate of drug-likeness (QED) is 0.771. The molecule has 1 heterocycles. The van der Waals surface area contributed by atoms with E-state index in [1.165, 1.54) is 12.8 Å². The Kier molecular flexibility index (Phi) is 3.24. The van der Waals surface area contributed by atoms with Gasteiger partial charge in [0, 0.05) is 25.7 Å². The molecule has 16 heavy (non-hydrogen) atoms. The van der Waals surface area contributed by atoms with Crippen LogP contribution >= 0.6 is 0 Å². The largest absolute Gasteiger partial charge is 0.395 e. The molecule has 1 aliphatic carbocycles. The number of likely N-dealkylation sites (N-methyl/N-ethyl adjacent to an activating group) is 1. The monoisotopic (exact) mass is 222 g/mol. The fraction of sp³-hybridized carbons (Fsp3) is 0.636. The molecule has 1 aliphatic rings. The predicted octanol–water partition coefficient (Wildman–Crippen LogP) is 0.788. The highest BCUT2D eigenvalue weighted by Crippen LogP contribution is 2.25. The van der Waals surface area contributed by atoms with E-state index in [1.807, 2.05) is 24.9 Å². The van der Waals surface area contributed by atoms with Crippen molar-refractivity contribution < 1.29 is 5.11 Å². The fourth-order valence-corrected chi connectivity index (χ4v) is 1.52. The predicted molar refractivity (Wildman–Crippen MR) is 63.8 cm³/mol. The van der Waals surface area contributed by atoms with E-state index in [2.05, 4.69) is 15.3 Å². The van der Waals surface area contributed by atoms with Crippen molar-refractivity contribution in [2.75, 3.05) is 30.4 Å². The molecule has 0 atom stereocenters. The number of aliphatic hydroxyl groups is 1. The third-order valence-electron chi connectivity index (χ3n) is 2.58. The molecule has 0 aromatic carbocycles. The van der Waals surface area contributed by atoms with Crippen LogP contribution in [0.1, 0.15) is 18.7 Å². The molecule has 5 nitrogen and oxygen atoms in total. The molecular weight excluding hydrogens is 204 g/mol. The van der Waals surface area contributed by atoms with Gasteiger partial charge in [0.25, 0.3) is 0 Å². The van der Waals surface area contributed by atoms with E-state index in [0.29, 0.717) is 12.6 Å². The van der Waals surface area contributed by atoms with Gasteiger partial charge in [-0.15, -0.1) is 0 Å². The third-order valence-corrected chi connectivity index (χ3v) is 2.58. The Morgan fingerprint density at radius 3 is 2.88 bits per heavy atom. The molecule has 0 spiro atoms. The van der Waals surface area contributed by atoms with Crippen molar-refractivity contribution in [1.82, 2.24) is 9.97 Å². The average Bonchev–Trinajstić information content (AvgIpc) is 3.01. The Morgan fingerprint density at radius 2 is 2.25 bits per heavy atom. The zero-order valence-electron chi connectivity index (χ0n) is 9.77. The second-order valence-electron chi connectivity index (χ2n) is 4.22. The first-order valence-electron chi connectivity index (χ1n) is 5.63. The van der Waals surface area contributed by atoms with Gasteiger partial charge in [0.05, 0.1) is 6.61 Å². The Morgan fingerprint density at radius 1 is 1.50 bits per heavy atom. The lowest BCUT2D eigenvalue weighted by atomic mass is 10.4. The van der Waals surface area contributed by atoms with Crippen LogP contribution in [-0.2, 0) is 0 Å². The molecule has 2 N–H and O–H groups in total. The van der Waals surface area contributed by atoms with Crippen molar-refractivity contribution in [2.45, 2.75) is 25.8 Å². The fourth-order valence-electron chi connectivity index (χ4n) is 1.52. The number of hydrogen-bond donors (Lipinski definition) is 2. The maximum Gasteiger partial charge on any atom is 0.134 e. The number of hydrogen-bond acceptors (Lipinski definition) is 5. The van der Waals surface area contributed by atoms with Crippen LogP contribution in [0.5, 0.6) is 0 Å². The summed E-state index contributed by atoms with van der Waals surface area (Å²) in [5.74, 6) is 2.49. The second-order valence-corrected chi connectivity index (χ2v) is 4.22. The van der Waals surface area contributed by atoms with Crippen LogP contribution in [0, 0.1) is 6.92 Å². The maximum absolute atomic E-state index is 8.89. The number of aromatic nitrogens is 2. The number of nitrogens with one attached hydrogen (secondary N) is 1. The van der Waals surface area contributed by atoms with Crippen LogP contribution in [0.3, 0.4) is 0 Å². The zero-order chi connectivity index (χ0) is 11.5. The molecule has 2 rings (SSSR count). The smallest absolute Gasteiger partial charge is 0.134 e.